The summed E-state index contributed by atoms with van der Waals surface area (Å²) in [6.07, 6.45) is -1.96. The molecule has 10 heteroatoms. The Morgan fingerprint density at radius 3 is 1.71 bits per heavy atom. The van der Waals surface area contributed by atoms with Crippen molar-refractivity contribution in [3.8, 4) is 0 Å². The number of carbonyl (C=O) groups is 4. The topological polar surface area (TPSA) is 167 Å². The van der Waals surface area contributed by atoms with E-state index in [1.807, 2.05) is 0 Å². The summed E-state index contributed by atoms with van der Waals surface area (Å²) in [5.74, 6) is -6.82. The number of hydrogen-bond donors (Lipinski definition) is 4. The normalized spacial score (nSPS) is 9.88. The van der Waals surface area contributed by atoms with E-state index in [-0.39, 0.29) is 4.57 Å². The van der Waals surface area contributed by atoms with Crippen molar-refractivity contribution in [3.05, 3.63) is 17.2 Å². The maximum atomic E-state index is 10.7. The molecule has 0 aliphatic carbocycles. The van der Waals surface area contributed by atoms with Crippen LogP contribution in [0.25, 0.3) is 0 Å². The van der Waals surface area contributed by atoms with Crippen LogP contribution < -0.4 is 0 Å². The summed E-state index contributed by atoms with van der Waals surface area (Å²) in [7, 11) is 0. The largest absolute Gasteiger partial charge is 0.476 e. The number of carboxylic acids is 3. The van der Waals surface area contributed by atoms with E-state index < -0.39 is 41.2 Å². The molecule has 1 rings (SSSR count). The third-order valence-corrected chi connectivity index (χ3v) is 1.67. The standard InChI is InChI=1S/C7H4N2O8/c10-4(11)1-2(5(12)13)9(7(16)17)3(8-1)6(14)15/h(H,10,11)(H,12,13)(H,14,15)(H,16,17). The van der Waals surface area contributed by atoms with Crippen LogP contribution in [0.5, 0.6) is 0 Å². The van der Waals surface area contributed by atoms with Crippen molar-refractivity contribution in [1.29, 1.82) is 0 Å². The molecular formula is C7H4N2O8. The molecule has 4 N–H and O–H groups in total. The Labute approximate surface area is 91.4 Å². The molecule has 1 heterocycles. The minimum absolute atomic E-state index is 0.214. The first-order chi connectivity index (χ1) is 7.77. The van der Waals surface area contributed by atoms with Crippen molar-refractivity contribution in [2.24, 2.45) is 0 Å². The molecule has 17 heavy (non-hydrogen) atoms. The maximum absolute atomic E-state index is 10.7. The highest BCUT2D eigenvalue weighted by atomic mass is 16.4. The first kappa shape index (κ1) is 12.2. The molecule has 0 atom stereocenters. The van der Waals surface area contributed by atoms with Gasteiger partial charge in [0.15, 0.2) is 11.4 Å². The first-order valence-corrected chi connectivity index (χ1v) is 3.83. The van der Waals surface area contributed by atoms with Crippen LogP contribution in [0, 0.1) is 0 Å². The Morgan fingerprint density at radius 2 is 1.41 bits per heavy atom. The van der Waals surface area contributed by atoms with Gasteiger partial charge < -0.3 is 20.4 Å². The average molecular weight is 244 g/mol. The van der Waals surface area contributed by atoms with Gasteiger partial charge in [0.2, 0.25) is 5.82 Å². The quantitative estimate of drug-likeness (QED) is 0.547. The van der Waals surface area contributed by atoms with E-state index in [1.54, 1.807) is 0 Å². The molecule has 1 aromatic heterocycles. The third-order valence-electron chi connectivity index (χ3n) is 1.67. The summed E-state index contributed by atoms with van der Waals surface area (Å²) in [6, 6.07) is 0. The van der Waals surface area contributed by atoms with E-state index in [2.05, 4.69) is 4.98 Å². The molecule has 0 bridgehead atoms. The van der Waals surface area contributed by atoms with Crippen molar-refractivity contribution in [1.82, 2.24) is 9.55 Å². The first-order valence-electron chi connectivity index (χ1n) is 3.83. The van der Waals surface area contributed by atoms with E-state index in [0.717, 1.165) is 0 Å². The SMILES string of the molecule is O=C(O)c1nc(C(=O)O)n(C(=O)O)c1C(=O)O. The Hall–Kier alpha value is -2.91. The lowest BCUT2D eigenvalue weighted by Gasteiger charge is -2.00. The minimum atomic E-state index is -1.96. The Balaban J connectivity index is 3.73. The van der Waals surface area contributed by atoms with Gasteiger partial charge in [-0.15, -0.1) is 0 Å². The monoisotopic (exact) mass is 244 g/mol. The summed E-state index contributed by atoms with van der Waals surface area (Å²) in [5, 5.41) is 34.5. The van der Waals surface area contributed by atoms with Crippen molar-refractivity contribution in [3.63, 3.8) is 0 Å². The zero-order valence-corrected chi connectivity index (χ0v) is 7.82. The molecule has 0 saturated carbocycles. The molecule has 0 unspecified atom stereocenters. The highest BCUT2D eigenvalue weighted by Gasteiger charge is 2.32. The van der Waals surface area contributed by atoms with Gasteiger partial charge in [0.25, 0.3) is 0 Å². The minimum Gasteiger partial charge on any atom is -0.476 e. The van der Waals surface area contributed by atoms with E-state index in [1.165, 1.54) is 0 Å². The number of nitrogens with zero attached hydrogens (tertiary/aromatic N) is 2. The van der Waals surface area contributed by atoms with Gasteiger partial charge in [-0.25, -0.2) is 28.7 Å². The van der Waals surface area contributed by atoms with Gasteiger partial charge in [-0.1, -0.05) is 0 Å². The zero-order chi connectivity index (χ0) is 13.3. The van der Waals surface area contributed by atoms with Gasteiger partial charge >= 0.3 is 24.0 Å². The van der Waals surface area contributed by atoms with Gasteiger partial charge in [-0.05, 0) is 0 Å². The summed E-state index contributed by atoms with van der Waals surface area (Å²) in [6.45, 7) is 0. The van der Waals surface area contributed by atoms with E-state index >= 15 is 0 Å². The van der Waals surface area contributed by atoms with Crippen LogP contribution in [-0.4, -0.2) is 54.0 Å². The molecular weight excluding hydrogens is 240 g/mol. The average Bonchev–Trinajstić information content (AvgIpc) is 2.56. The van der Waals surface area contributed by atoms with E-state index in [9.17, 15) is 19.2 Å². The van der Waals surface area contributed by atoms with Crippen LogP contribution in [0.1, 0.15) is 31.6 Å². The van der Waals surface area contributed by atoms with Crippen molar-refractivity contribution >= 4 is 24.0 Å². The van der Waals surface area contributed by atoms with Gasteiger partial charge in [0, 0.05) is 0 Å². The molecule has 0 saturated heterocycles. The fourth-order valence-corrected chi connectivity index (χ4v) is 1.10. The van der Waals surface area contributed by atoms with Crippen LogP contribution >= 0.6 is 0 Å². The summed E-state index contributed by atoms with van der Waals surface area (Å²) < 4.78 is -0.214. The molecule has 0 aliphatic rings. The van der Waals surface area contributed by atoms with Gasteiger partial charge in [-0.3, -0.25) is 0 Å². The Kier molecular flexibility index (Phi) is 2.80. The second kappa shape index (κ2) is 3.92. The number of hydrogen-bond acceptors (Lipinski definition) is 5. The molecule has 1 aromatic rings. The smallest absolute Gasteiger partial charge is 0.418 e. The fourth-order valence-electron chi connectivity index (χ4n) is 1.10. The number of rotatable bonds is 3. The van der Waals surface area contributed by atoms with Gasteiger partial charge in [0.05, 0.1) is 0 Å². The van der Waals surface area contributed by atoms with Crippen molar-refractivity contribution in [2.75, 3.05) is 0 Å². The lowest BCUT2D eigenvalue weighted by Crippen LogP contribution is -2.21. The van der Waals surface area contributed by atoms with Gasteiger partial charge in [0.1, 0.15) is 0 Å². The Morgan fingerprint density at radius 1 is 0.882 bits per heavy atom. The third kappa shape index (κ3) is 1.90. The molecule has 0 aromatic carbocycles. The lowest BCUT2D eigenvalue weighted by atomic mass is 10.3. The molecule has 90 valence electrons. The molecule has 10 nitrogen and oxygen atoms in total. The van der Waals surface area contributed by atoms with Crippen LogP contribution in [0.2, 0.25) is 0 Å². The number of imidazole rings is 1. The predicted molar refractivity (Wildman–Crippen MR) is 46.5 cm³/mol. The number of carboxylic acid groups (broad SMARTS) is 4. The van der Waals surface area contributed by atoms with Crippen LogP contribution in [0.4, 0.5) is 4.79 Å². The zero-order valence-electron chi connectivity index (χ0n) is 7.82. The maximum Gasteiger partial charge on any atom is 0.418 e. The van der Waals surface area contributed by atoms with E-state index in [0.29, 0.717) is 0 Å². The van der Waals surface area contributed by atoms with Gasteiger partial charge in [-0.2, -0.15) is 0 Å². The molecule has 0 amide bonds. The summed E-state index contributed by atoms with van der Waals surface area (Å²) in [5.41, 5.74) is -2.39. The van der Waals surface area contributed by atoms with Crippen molar-refractivity contribution < 1.29 is 39.6 Å². The number of aromatic carboxylic acids is 3. The number of aromatic nitrogens is 2. The summed E-state index contributed by atoms with van der Waals surface area (Å²) in [4.78, 5) is 45.6. The molecule has 0 spiro atoms. The highest BCUT2D eigenvalue weighted by molar-refractivity contribution is 6.04. The fraction of sp³-hybridized carbons (Fsp3) is 0. The molecule has 0 fully saturated rings. The van der Waals surface area contributed by atoms with Crippen molar-refractivity contribution in [2.45, 2.75) is 0 Å². The highest BCUT2D eigenvalue weighted by Crippen LogP contribution is 2.12. The second-order valence-corrected chi connectivity index (χ2v) is 2.67. The lowest BCUT2D eigenvalue weighted by molar-refractivity contribution is 0.0640. The second-order valence-electron chi connectivity index (χ2n) is 2.67. The predicted octanol–water partition coefficient (Wildman–Crippen LogP) is -0.496. The molecule has 0 aliphatic heterocycles. The van der Waals surface area contributed by atoms with Crippen LogP contribution in [0.3, 0.4) is 0 Å². The van der Waals surface area contributed by atoms with E-state index in [4.69, 9.17) is 20.4 Å². The molecule has 0 radical (unpaired) electrons. The summed E-state index contributed by atoms with van der Waals surface area (Å²) >= 11 is 0. The Bertz CT molecular complexity index is 496. The van der Waals surface area contributed by atoms with Crippen LogP contribution in [-0.2, 0) is 0 Å². The van der Waals surface area contributed by atoms with Crippen LogP contribution in [0.15, 0.2) is 0 Å².